The molecular formula is C15H18O5. The molecule has 1 N–H and O–H groups in total. The van der Waals surface area contributed by atoms with E-state index < -0.39 is 12.6 Å². The average Bonchev–Trinajstić information content (AvgIpc) is 2.38. The summed E-state index contributed by atoms with van der Waals surface area (Å²) in [5.41, 5.74) is 1.64. The number of aliphatic carboxylic acids is 1. The first-order valence-electron chi connectivity index (χ1n) is 6.18. The lowest BCUT2D eigenvalue weighted by Crippen LogP contribution is -2.14. The van der Waals surface area contributed by atoms with Gasteiger partial charge >= 0.3 is 5.97 Å². The Morgan fingerprint density at radius 3 is 2.35 bits per heavy atom. The van der Waals surface area contributed by atoms with Gasteiger partial charge in [-0.15, -0.1) is 0 Å². The molecule has 0 spiro atoms. The van der Waals surface area contributed by atoms with Gasteiger partial charge in [0.05, 0.1) is 0 Å². The molecule has 0 aliphatic carbocycles. The molecule has 5 heteroatoms. The highest BCUT2D eigenvalue weighted by Crippen LogP contribution is 2.13. The first-order valence-corrected chi connectivity index (χ1v) is 6.18. The molecule has 0 bridgehead atoms. The van der Waals surface area contributed by atoms with E-state index in [-0.39, 0.29) is 12.4 Å². The average molecular weight is 278 g/mol. The standard InChI is InChI=1S/C15H18O5/c1-11(2)7-8-20-13-5-3-12(4-6-13)14(16)9-19-10-15(17)18/h3-7H,8-10H2,1-2H3,(H,17,18). The molecule has 1 aromatic carbocycles. The SMILES string of the molecule is CC(C)=CCOc1ccc(C(=O)COCC(=O)O)cc1. The van der Waals surface area contributed by atoms with Crippen molar-refractivity contribution in [2.75, 3.05) is 19.8 Å². The number of benzene rings is 1. The molecule has 1 rings (SSSR count). The second kappa shape index (κ2) is 8.12. The maximum absolute atomic E-state index is 11.7. The van der Waals surface area contributed by atoms with Crippen LogP contribution in [-0.2, 0) is 9.53 Å². The lowest BCUT2D eigenvalue weighted by atomic mass is 10.1. The van der Waals surface area contributed by atoms with Crippen molar-refractivity contribution >= 4 is 11.8 Å². The lowest BCUT2D eigenvalue weighted by Gasteiger charge is -2.05. The minimum absolute atomic E-state index is 0.246. The molecule has 0 aliphatic rings. The van der Waals surface area contributed by atoms with E-state index in [1.54, 1.807) is 24.3 Å². The quantitative estimate of drug-likeness (QED) is 0.583. The van der Waals surface area contributed by atoms with Crippen LogP contribution in [0, 0.1) is 0 Å². The third-order valence-electron chi connectivity index (χ3n) is 2.38. The van der Waals surface area contributed by atoms with E-state index in [0.717, 1.165) is 0 Å². The van der Waals surface area contributed by atoms with E-state index >= 15 is 0 Å². The second-order valence-electron chi connectivity index (χ2n) is 4.43. The van der Waals surface area contributed by atoms with E-state index in [1.807, 2.05) is 19.9 Å². The summed E-state index contributed by atoms with van der Waals surface area (Å²) in [5.74, 6) is -0.687. The molecule has 5 nitrogen and oxygen atoms in total. The zero-order valence-electron chi connectivity index (χ0n) is 11.6. The van der Waals surface area contributed by atoms with Crippen molar-refractivity contribution in [3.63, 3.8) is 0 Å². The molecule has 0 heterocycles. The van der Waals surface area contributed by atoms with Gasteiger partial charge < -0.3 is 14.6 Å². The van der Waals surface area contributed by atoms with Gasteiger partial charge in [0.1, 0.15) is 25.6 Å². The Morgan fingerprint density at radius 1 is 1.15 bits per heavy atom. The Balaban J connectivity index is 2.47. The van der Waals surface area contributed by atoms with Crippen LogP contribution in [0.2, 0.25) is 0 Å². The lowest BCUT2D eigenvalue weighted by molar-refractivity contribution is -0.141. The molecular weight excluding hydrogens is 260 g/mol. The molecule has 0 unspecified atom stereocenters. The highest BCUT2D eigenvalue weighted by molar-refractivity contribution is 5.97. The molecule has 0 saturated heterocycles. The Bertz CT molecular complexity index is 483. The molecule has 20 heavy (non-hydrogen) atoms. The van der Waals surface area contributed by atoms with E-state index in [9.17, 15) is 9.59 Å². The highest BCUT2D eigenvalue weighted by atomic mass is 16.5. The summed E-state index contributed by atoms with van der Waals surface area (Å²) in [6.07, 6.45) is 1.96. The van der Waals surface area contributed by atoms with Crippen molar-refractivity contribution in [1.82, 2.24) is 0 Å². The molecule has 0 atom stereocenters. The van der Waals surface area contributed by atoms with Crippen molar-refractivity contribution in [3.8, 4) is 5.75 Å². The number of rotatable bonds is 8. The third-order valence-corrected chi connectivity index (χ3v) is 2.38. The molecule has 0 radical (unpaired) electrons. The molecule has 0 aliphatic heterocycles. The summed E-state index contributed by atoms with van der Waals surface area (Å²) in [6.45, 7) is 3.74. The number of allylic oxidation sites excluding steroid dienone is 1. The zero-order chi connectivity index (χ0) is 15.0. The van der Waals surface area contributed by atoms with Crippen molar-refractivity contribution in [1.29, 1.82) is 0 Å². The van der Waals surface area contributed by atoms with Crippen molar-refractivity contribution < 1.29 is 24.2 Å². The van der Waals surface area contributed by atoms with Gasteiger partial charge in [-0.2, -0.15) is 0 Å². The van der Waals surface area contributed by atoms with Crippen LogP contribution in [0.3, 0.4) is 0 Å². The van der Waals surface area contributed by atoms with Crippen molar-refractivity contribution in [2.45, 2.75) is 13.8 Å². The number of carboxylic acids is 1. The normalized spacial score (nSPS) is 9.90. The monoisotopic (exact) mass is 278 g/mol. The Hall–Kier alpha value is -2.14. The van der Waals surface area contributed by atoms with Crippen LogP contribution < -0.4 is 4.74 Å². The van der Waals surface area contributed by atoms with Gasteiger partial charge in [0.25, 0.3) is 0 Å². The van der Waals surface area contributed by atoms with Gasteiger partial charge in [0, 0.05) is 5.56 Å². The predicted octanol–water partition coefficient (Wildman–Crippen LogP) is 2.32. The van der Waals surface area contributed by atoms with E-state index in [2.05, 4.69) is 0 Å². The molecule has 1 aromatic rings. The number of Topliss-reactive ketones (excluding diaryl/α,β-unsaturated/α-hetero) is 1. The summed E-state index contributed by atoms with van der Waals surface area (Å²) < 4.78 is 10.2. The zero-order valence-corrected chi connectivity index (χ0v) is 11.6. The van der Waals surface area contributed by atoms with Crippen LogP contribution >= 0.6 is 0 Å². The third kappa shape index (κ3) is 6.15. The number of hydrogen-bond acceptors (Lipinski definition) is 4. The van der Waals surface area contributed by atoms with Crippen LogP contribution in [-0.4, -0.2) is 36.7 Å². The fourth-order valence-corrected chi connectivity index (χ4v) is 1.36. The minimum atomic E-state index is -1.10. The summed E-state index contributed by atoms with van der Waals surface area (Å²) in [4.78, 5) is 21.9. The van der Waals surface area contributed by atoms with Gasteiger partial charge in [-0.3, -0.25) is 4.79 Å². The fraction of sp³-hybridized carbons (Fsp3) is 0.333. The summed E-state index contributed by atoms with van der Waals surface area (Å²) in [7, 11) is 0. The number of carboxylic acid groups (broad SMARTS) is 1. The Morgan fingerprint density at radius 2 is 1.80 bits per heavy atom. The Labute approximate surface area is 117 Å². The summed E-state index contributed by atoms with van der Waals surface area (Å²) in [6, 6.07) is 6.65. The minimum Gasteiger partial charge on any atom is -0.490 e. The molecule has 0 fully saturated rings. The number of carbonyl (C=O) groups is 2. The first-order chi connectivity index (χ1) is 9.49. The second-order valence-corrected chi connectivity index (χ2v) is 4.43. The van der Waals surface area contributed by atoms with E-state index in [1.165, 1.54) is 5.57 Å². The van der Waals surface area contributed by atoms with Crippen LogP contribution in [0.5, 0.6) is 5.75 Å². The number of carbonyl (C=O) groups excluding carboxylic acids is 1. The largest absolute Gasteiger partial charge is 0.490 e. The smallest absolute Gasteiger partial charge is 0.329 e. The van der Waals surface area contributed by atoms with Gasteiger partial charge in [0.15, 0.2) is 5.78 Å². The van der Waals surface area contributed by atoms with Crippen LogP contribution in [0.25, 0.3) is 0 Å². The maximum Gasteiger partial charge on any atom is 0.329 e. The van der Waals surface area contributed by atoms with Crippen LogP contribution in [0.15, 0.2) is 35.9 Å². The topological polar surface area (TPSA) is 72.8 Å². The molecule has 108 valence electrons. The van der Waals surface area contributed by atoms with Crippen molar-refractivity contribution in [2.24, 2.45) is 0 Å². The molecule has 0 amide bonds. The Kier molecular flexibility index (Phi) is 6.46. The van der Waals surface area contributed by atoms with Gasteiger partial charge in [-0.05, 0) is 44.2 Å². The van der Waals surface area contributed by atoms with E-state index in [0.29, 0.717) is 17.9 Å². The van der Waals surface area contributed by atoms with Crippen molar-refractivity contribution in [3.05, 3.63) is 41.5 Å². The summed E-state index contributed by atoms with van der Waals surface area (Å²) in [5, 5.41) is 8.40. The maximum atomic E-state index is 11.7. The predicted molar refractivity (Wildman–Crippen MR) is 74.2 cm³/mol. The van der Waals surface area contributed by atoms with Gasteiger partial charge in [0.2, 0.25) is 0 Å². The molecule has 0 aromatic heterocycles. The highest BCUT2D eigenvalue weighted by Gasteiger charge is 2.07. The van der Waals surface area contributed by atoms with Gasteiger partial charge in [-0.1, -0.05) is 5.57 Å². The van der Waals surface area contributed by atoms with Gasteiger partial charge in [-0.25, -0.2) is 4.79 Å². The first kappa shape index (κ1) is 15.9. The van der Waals surface area contributed by atoms with Crippen LogP contribution in [0.1, 0.15) is 24.2 Å². The molecule has 0 saturated carbocycles. The number of ketones is 1. The summed E-state index contributed by atoms with van der Waals surface area (Å²) >= 11 is 0. The number of hydrogen-bond donors (Lipinski definition) is 1. The number of ether oxygens (including phenoxy) is 2. The fourth-order valence-electron chi connectivity index (χ4n) is 1.36. The van der Waals surface area contributed by atoms with E-state index in [4.69, 9.17) is 14.6 Å². The van der Waals surface area contributed by atoms with Crippen LogP contribution in [0.4, 0.5) is 0 Å².